The zero-order valence-corrected chi connectivity index (χ0v) is 16.2. The van der Waals surface area contributed by atoms with Crippen LogP contribution >= 0.6 is 11.8 Å². The Balaban J connectivity index is 1.65. The van der Waals surface area contributed by atoms with Crippen LogP contribution in [0.4, 0.5) is 5.69 Å². The smallest absolute Gasteiger partial charge is 0.278 e. The van der Waals surface area contributed by atoms with Gasteiger partial charge in [-0.15, -0.1) is 10.2 Å². The van der Waals surface area contributed by atoms with Gasteiger partial charge in [0, 0.05) is 11.3 Å². The van der Waals surface area contributed by atoms with E-state index in [2.05, 4.69) is 20.5 Å². The van der Waals surface area contributed by atoms with Crippen LogP contribution in [-0.2, 0) is 4.79 Å². The largest absolute Gasteiger partial charge is 0.325 e. The number of anilines is 1. The first-order chi connectivity index (χ1) is 12.9. The van der Waals surface area contributed by atoms with Gasteiger partial charge in [0.2, 0.25) is 5.91 Å². The third-order valence-corrected chi connectivity index (χ3v) is 4.87. The first-order valence-electron chi connectivity index (χ1n) is 8.46. The Bertz CT molecular complexity index is 1030. The SMILES string of the molecule is Cc1ccc(-c2nnc(SCC(=O)Nc3cc(C)ccc3C)[nH]c2=O)cc1. The van der Waals surface area contributed by atoms with Crippen LogP contribution in [0.3, 0.4) is 0 Å². The third-order valence-electron chi connectivity index (χ3n) is 4.01. The second-order valence-electron chi connectivity index (χ2n) is 6.33. The lowest BCUT2D eigenvalue weighted by Gasteiger charge is -2.09. The molecule has 27 heavy (non-hydrogen) atoms. The van der Waals surface area contributed by atoms with Crippen LogP contribution in [0.2, 0.25) is 0 Å². The maximum atomic E-state index is 12.3. The van der Waals surface area contributed by atoms with Gasteiger partial charge in [0.1, 0.15) is 0 Å². The highest BCUT2D eigenvalue weighted by Crippen LogP contribution is 2.18. The Labute approximate surface area is 161 Å². The van der Waals surface area contributed by atoms with Gasteiger partial charge < -0.3 is 5.32 Å². The highest BCUT2D eigenvalue weighted by atomic mass is 32.2. The van der Waals surface area contributed by atoms with E-state index in [0.717, 1.165) is 34.1 Å². The number of rotatable bonds is 5. The van der Waals surface area contributed by atoms with Gasteiger partial charge in [-0.25, -0.2) is 0 Å². The summed E-state index contributed by atoms with van der Waals surface area (Å²) >= 11 is 1.14. The number of hydrogen-bond acceptors (Lipinski definition) is 5. The predicted molar refractivity (Wildman–Crippen MR) is 108 cm³/mol. The van der Waals surface area contributed by atoms with Gasteiger partial charge in [0.05, 0.1) is 5.75 Å². The average Bonchev–Trinajstić information content (AvgIpc) is 2.64. The zero-order chi connectivity index (χ0) is 19.4. The summed E-state index contributed by atoms with van der Waals surface area (Å²) in [5.74, 6) is -0.0408. The first kappa shape index (κ1) is 18.8. The Hall–Kier alpha value is -2.93. The van der Waals surface area contributed by atoms with Crippen molar-refractivity contribution in [2.75, 3.05) is 11.1 Å². The van der Waals surface area contributed by atoms with Gasteiger partial charge in [0.15, 0.2) is 10.9 Å². The molecule has 1 heterocycles. The van der Waals surface area contributed by atoms with Crippen LogP contribution < -0.4 is 10.9 Å². The number of thioether (sulfide) groups is 1. The number of aromatic amines is 1. The highest BCUT2D eigenvalue weighted by Gasteiger charge is 2.10. The van der Waals surface area contributed by atoms with Gasteiger partial charge in [-0.2, -0.15) is 0 Å². The Morgan fingerprint density at radius 3 is 2.44 bits per heavy atom. The van der Waals surface area contributed by atoms with Gasteiger partial charge in [0.25, 0.3) is 5.56 Å². The molecule has 2 N–H and O–H groups in total. The zero-order valence-electron chi connectivity index (χ0n) is 15.4. The van der Waals surface area contributed by atoms with E-state index >= 15 is 0 Å². The van der Waals surface area contributed by atoms with Gasteiger partial charge in [-0.1, -0.05) is 53.7 Å². The molecule has 6 nitrogen and oxygen atoms in total. The van der Waals surface area contributed by atoms with E-state index in [4.69, 9.17) is 0 Å². The quantitative estimate of drug-likeness (QED) is 0.662. The molecule has 0 aliphatic heterocycles. The van der Waals surface area contributed by atoms with Gasteiger partial charge in [-0.05, 0) is 38.0 Å². The van der Waals surface area contributed by atoms with Crippen LogP contribution in [0.25, 0.3) is 11.3 Å². The van der Waals surface area contributed by atoms with Crippen LogP contribution in [0, 0.1) is 20.8 Å². The Morgan fingerprint density at radius 1 is 1.04 bits per heavy atom. The number of benzene rings is 2. The summed E-state index contributed by atoms with van der Waals surface area (Å²) in [6.07, 6.45) is 0. The van der Waals surface area contributed by atoms with Crippen LogP contribution in [0.5, 0.6) is 0 Å². The summed E-state index contributed by atoms with van der Waals surface area (Å²) in [6, 6.07) is 13.4. The number of aromatic nitrogens is 3. The molecule has 138 valence electrons. The third kappa shape index (κ3) is 4.83. The number of hydrogen-bond donors (Lipinski definition) is 2. The summed E-state index contributed by atoms with van der Waals surface area (Å²) in [6.45, 7) is 5.89. The van der Waals surface area contributed by atoms with E-state index in [9.17, 15) is 9.59 Å². The molecule has 1 aromatic heterocycles. The minimum Gasteiger partial charge on any atom is -0.325 e. The molecule has 7 heteroatoms. The summed E-state index contributed by atoms with van der Waals surface area (Å²) in [7, 11) is 0. The van der Waals surface area contributed by atoms with E-state index in [1.54, 1.807) is 0 Å². The Kier molecular flexibility index (Phi) is 5.71. The highest BCUT2D eigenvalue weighted by molar-refractivity contribution is 7.99. The van der Waals surface area contributed by atoms with E-state index in [-0.39, 0.29) is 22.9 Å². The molecule has 0 aliphatic rings. The molecule has 2 aromatic carbocycles. The monoisotopic (exact) mass is 380 g/mol. The normalized spacial score (nSPS) is 10.6. The molecule has 0 saturated carbocycles. The van der Waals surface area contributed by atoms with Crippen LogP contribution in [0.1, 0.15) is 16.7 Å². The molecule has 0 radical (unpaired) electrons. The van der Waals surface area contributed by atoms with Crippen molar-refractivity contribution < 1.29 is 4.79 Å². The predicted octanol–water partition coefficient (Wildman–Crippen LogP) is 3.49. The molecule has 0 unspecified atom stereocenters. The number of amides is 1. The number of carbonyl (C=O) groups excluding carboxylic acids is 1. The second kappa shape index (κ2) is 8.18. The molecular formula is C20H20N4O2S. The lowest BCUT2D eigenvalue weighted by atomic mass is 10.1. The molecule has 0 bridgehead atoms. The molecule has 3 aromatic rings. The topological polar surface area (TPSA) is 87.7 Å². The summed E-state index contributed by atoms with van der Waals surface area (Å²) in [5, 5.41) is 11.2. The van der Waals surface area contributed by atoms with Gasteiger partial charge >= 0.3 is 0 Å². The fourth-order valence-corrected chi connectivity index (χ4v) is 3.08. The van der Waals surface area contributed by atoms with E-state index in [0.29, 0.717) is 10.7 Å². The maximum absolute atomic E-state index is 12.3. The lowest BCUT2D eigenvalue weighted by molar-refractivity contribution is -0.113. The minimum atomic E-state index is -0.328. The number of carbonyl (C=O) groups is 1. The van der Waals surface area contributed by atoms with Gasteiger partial charge in [-0.3, -0.25) is 14.6 Å². The number of aryl methyl sites for hydroxylation is 3. The standard InChI is InChI=1S/C20H20N4O2S/c1-12-5-8-15(9-6-12)18-19(26)22-20(24-23-18)27-11-17(25)21-16-10-13(2)4-7-14(16)3/h4-10H,11H2,1-3H3,(H,21,25)(H,22,24,26). The number of H-pyrrole nitrogens is 1. The minimum absolute atomic E-state index is 0.127. The first-order valence-corrected chi connectivity index (χ1v) is 9.45. The molecule has 0 spiro atoms. The van der Waals surface area contributed by atoms with Crippen LogP contribution in [-0.4, -0.2) is 26.8 Å². The molecule has 0 aliphatic carbocycles. The van der Waals surface area contributed by atoms with Crippen molar-refractivity contribution in [1.29, 1.82) is 0 Å². The lowest BCUT2D eigenvalue weighted by Crippen LogP contribution is -2.17. The summed E-state index contributed by atoms with van der Waals surface area (Å²) in [5.41, 5.74) is 4.60. The summed E-state index contributed by atoms with van der Waals surface area (Å²) in [4.78, 5) is 27.1. The van der Waals surface area contributed by atoms with Crippen molar-refractivity contribution in [1.82, 2.24) is 15.2 Å². The molecule has 0 saturated heterocycles. The summed E-state index contributed by atoms with van der Waals surface area (Å²) < 4.78 is 0. The molecule has 0 fully saturated rings. The second-order valence-corrected chi connectivity index (χ2v) is 7.29. The fourth-order valence-electron chi connectivity index (χ4n) is 2.48. The Morgan fingerprint density at radius 2 is 1.74 bits per heavy atom. The molecule has 1 amide bonds. The van der Waals surface area contributed by atoms with E-state index < -0.39 is 0 Å². The maximum Gasteiger partial charge on any atom is 0.278 e. The van der Waals surface area contributed by atoms with Crippen molar-refractivity contribution >= 4 is 23.4 Å². The number of nitrogens with one attached hydrogen (secondary N) is 2. The van der Waals surface area contributed by atoms with Crippen molar-refractivity contribution in [2.24, 2.45) is 0 Å². The molecule has 3 rings (SSSR count). The van der Waals surface area contributed by atoms with Crippen molar-refractivity contribution in [2.45, 2.75) is 25.9 Å². The van der Waals surface area contributed by atoms with Crippen LogP contribution in [0.15, 0.2) is 52.4 Å². The van der Waals surface area contributed by atoms with Crippen molar-refractivity contribution in [3.05, 3.63) is 69.5 Å². The van der Waals surface area contributed by atoms with Crippen molar-refractivity contribution in [3.8, 4) is 11.3 Å². The van der Waals surface area contributed by atoms with E-state index in [1.807, 2.05) is 63.2 Å². The van der Waals surface area contributed by atoms with E-state index in [1.165, 1.54) is 0 Å². The van der Waals surface area contributed by atoms with Crippen molar-refractivity contribution in [3.63, 3.8) is 0 Å². The molecular weight excluding hydrogens is 360 g/mol. The average molecular weight is 380 g/mol. The fraction of sp³-hybridized carbons (Fsp3) is 0.200. The number of nitrogens with zero attached hydrogens (tertiary/aromatic N) is 2. The molecule has 0 atom stereocenters.